The maximum absolute atomic E-state index is 9.23. The normalized spacial score (nSPS) is 24.4. The van der Waals surface area contributed by atoms with Gasteiger partial charge in [0.05, 0.1) is 6.61 Å². The molecule has 4 heteroatoms. The number of hydrogen-bond acceptors (Lipinski definition) is 4. The summed E-state index contributed by atoms with van der Waals surface area (Å²) in [6, 6.07) is 6.71. The van der Waals surface area contributed by atoms with Gasteiger partial charge in [-0.1, -0.05) is 6.07 Å². The minimum absolute atomic E-state index is 0.104. The number of fused-ring (bicyclic) bond motifs is 1. The number of thioether (sulfide) groups is 1. The van der Waals surface area contributed by atoms with E-state index in [1.165, 1.54) is 23.5 Å². The monoisotopic (exact) mass is 265 g/mol. The van der Waals surface area contributed by atoms with Crippen LogP contribution >= 0.6 is 11.8 Å². The Balaban J connectivity index is 1.81. The lowest BCUT2D eigenvalue weighted by Crippen LogP contribution is -2.36. The summed E-state index contributed by atoms with van der Waals surface area (Å²) in [5.74, 6) is 3.51. The Hall–Kier alpha value is -0.710. The zero-order chi connectivity index (χ0) is 12.4. The van der Waals surface area contributed by atoms with Crippen molar-refractivity contribution < 1.29 is 9.84 Å². The molecule has 0 aliphatic carbocycles. The Morgan fingerprint density at radius 1 is 1.44 bits per heavy atom. The van der Waals surface area contributed by atoms with Crippen LogP contribution in [0, 0.1) is 0 Å². The van der Waals surface area contributed by atoms with Crippen molar-refractivity contribution in [2.75, 3.05) is 24.7 Å². The van der Waals surface area contributed by atoms with E-state index in [4.69, 9.17) is 4.74 Å². The number of ether oxygens (including phenoxy) is 1. The Labute approximate surface area is 112 Å². The zero-order valence-electron chi connectivity index (χ0n) is 10.5. The molecule has 2 aliphatic rings. The van der Waals surface area contributed by atoms with Crippen LogP contribution in [0.5, 0.6) is 5.75 Å². The van der Waals surface area contributed by atoms with E-state index in [0.717, 1.165) is 31.0 Å². The third-order valence-corrected chi connectivity index (χ3v) is 4.88. The highest BCUT2D eigenvalue weighted by molar-refractivity contribution is 7.99. The summed E-state index contributed by atoms with van der Waals surface area (Å²) >= 11 is 2.05. The average molecular weight is 265 g/mol. The van der Waals surface area contributed by atoms with Gasteiger partial charge in [-0.2, -0.15) is 11.8 Å². The number of hydrogen-bond donors (Lipinski definition) is 1. The molecule has 1 N–H and O–H groups in total. The molecule has 1 aromatic rings. The molecular formula is C14H19NO2S. The third kappa shape index (κ3) is 2.51. The van der Waals surface area contributed by atoms with Crippen molar-refractivity contribution in [2.45, 2.75) is 25.6 Å². The molecule has 0 aromatic heterocycles. The molecule has 1 aromatic carbocycles. The first-order valence-corrected chi connectivity index (χ1v) is 7.69. The molecule has 2 aliphatic heterocycles. The van der Waals surface area contributed by atoms with Crippen LogP contribution in [0.15, 0.2) is 18.2 Å². The van der Waals surface area contributed by atoms with Crippen LogP contribution in [0.3, 0.4) is 0 Å². The maximum atomic E-state index is 9.23. The van der Waals surface area contributed by atoms with Crippen molar-refractivity contribution in [3.8, 4) is 5.75 Å². The van der Waals surface area contributed by atoms with E-state index in [1.54, 1.807) is 0 Å². The summed E-state index contributed by atoms with van der Waals surface area (Å²) in [6.45, 7) is 2.84. The van der Waals surface area contributed by atoms with Gasteiger partial charge in [0.1, 0.15) is 12.4 Å². The molecule has 1 atom stereocenters. The smallest absolute Gasteiger partial charge is 0.123 e. The fourth-order valence-corrected chi connectivity index (χ4v) is 3.94. The number of aliphatic hydroxyl groups is 1. The van der Waals surface area contributed by atoms with Crippen molar-refractivity contribution in [1.82, 2.24) is 4.90 Å². The Morgan fingerprint density at radius 2 is 2.39 bits per heavy atom. The van der Waals surface area contributed by atoms with Crippen LogP contribution in [0.2, 0.25) is 0 Å². The van der Waals surface area contributed by atoms with Crippen LogP contribution in [0.4, 0.5) is 0 Å². The fraction of sp³-hybridized carbons (Fsp3) is 0.571. The van der Waals surface area contributed by atoms with E-state index >= 15 is 0 Å². The Kier molecular flexibility index (Phi) is 3.77. The van der Waals surface area contributed by atoms with Gasteiger partial charge in [0.15, 0.2) is 0 Å². The SMILES string of the molecule is OCc1ccc2c(c1)CN([C@@H]1CCSC1)CCO2. The highest BCUT2D eigenvalue weighted by Crippen LogP contribution is 2.29. The first kappa shape index (κ1) is 12.3. The summed E-state index contributed by atoms with van der Waals surface area (Å²) in [4.78, 5) is 2.53. The van der Waals surface area contributed by atoms with Gasteiger partial charge in [0.2, 0.25) is 0 Å². The van der Waals surface area contributed by atoms with E-state index in [1.807, 2.05) is 23.9 Å². The van der Waals surface area contributed by atoms with Gasteiger partial charge in [-0.15, -0.1) is 0 Å². The van der Waals surface area contributed by atoms with Gasteiger partial charge in [-0.25, -0.2) is 0 Å². The van der Waals surface area contributed by atoms with E-state index in [-0.39, 0.29) is 6.61 Å². The molecule has 1 fully saturated rings. The van der Waals surface area contributed by atoms with Crippen molar-refractivity contribution in [1.29, 1.82) is 0 Å². The largest absolute Gasteiger partial charge is 0.492 e. The number of nitrogens with zero attached hydrogens (tertiary/aromatic N) is 1. The lowest BCUT2D eigenvalue weighted by atomic mass is 10.1. The minimum Gasteiger partial charge on any atom is -0.492 e. The lowest BCUT2D eigenvalue weighted by Gasteiger charge is -2.25. The predicted molar refractivity (Wildman–Crippen MR) is 74.0 cm³/mol. The van der Waals surface area contributed by atoms with Gasteiger partial charge >= 0.3 is 0 Å². The second-order valence-corrected chi connectivity index (χ2v) is 6.09. The molecule has 1 saturated heterocycles. The molecular weight excluding hydrogens is 246 g/mol. The van der Waals surface area contributed by atoms with E-state index in [9.17, 15) is 5.11 Å². The van der Waals surface area contributed by atoms with E-state index in [2.05, 4.69) is 11.0 Å². The summed E-state index contributed by atoms with van der Waals surface area (Å²) in [5, 5.41) is 9.23. The molecule has 18 heavy (non-hydrogen) atoms. The van der Waals surface area contributed by atoms with Crippen molar-refractivity contribution >= 4 is 11.8 Å². The maximum Gasteiger partial charge on any atom is 0.123 e. The topological polar surface area (TPSA) is 32.7 Å². The summed E-state index contributed by atoms with van der Waals surface area (Å²) < 4.78 is 5.81. The summed E-state index contributed by atoms with van der Waals surface area (Å²) in [6.07, 6.45) is 1.29. The van der Waals surface area contributed by atoms with Crippen LogP contribution in [-0.2, 0) is 13.2 Å². The predicted octanol–water partition coefficient (Wildman–Crippen LogP) is 1.88. The number of benzene rings is 1. The second kappa shape index (κ2) is 5.51. The van der Waals surface area contributed by atoms with Crippen LogP contribution < -0.4 is 4.74 Å². The quantitative estimate of drug-likeness (QED) is 0.885. The Bertz CT molecular complexity index is 418. The van der Waals surface area contributed by atoms with Crippen molar-refractivity contribution in [3.05, 3.63) is 29.3 Å². The highest BCUT2D eigenvalue weighted by atomic mass is 32.2. The minimum atomic E-state index is 0.104. The number of rotatable bonds is 2. The van der Waals surface area contributed by atoms with Gasteiger partial charge in [0.25, 0.3) is 0 Å². The summed E-state index contributed by atoms with van der Waals surface area (Å²) in [7, 11) is 0. The van der Waals surface area contributed by atoms with Crippen molar-refractivity contribution in [3.63, 3.8) is 0 Å². The summed E-state index contributed by atoms with van der Waals surface area (Å²) in [5.41, 5.74) is 2.19. The first-order chi connectivity index (χ1) is 8.86. The molecule has 98 valence electrons. The van der Waals surface area contributed by atoms with Crippen LogP contribution in [-0.4, -0.2) is 40.7 Å². The standard InChI is InChI=1S/C14H19NO2S/c16-9-11-1-2-14-12(7-11)8-15(4-5-17-14)13-3-6-18-10-13/h1-2,7,13,16H,3-6,8-10H2/t13-/m1/s1. The molecule has 0 amide bonds. The van der Waals surface area contributed by atoms with Gasteiger partial charge in [-0.05, 0) is 29.9 Å². The highest BCUT2D eigenvalue weighted by Gasteiger charge is 2.25. The average Bonchev–Trinajstić information content (AvgIpc) is 2.85. The van der Waals surface area contributed by atoms with Gasteiger partial charge in [-0.3, -0.25) is 4.90 Å². The Morgan fingerprint density at radius 3 is 3.17 bits per heavy atom. The van der Waals surface area contributed by atoms with Crippen LogP contribution in [0.25, 0.3) is 0 Å². The second-order valence-electron chi connectivity index (χ2n) is 4.94. The molecule has 0 bridgehead atoms. The molecule has 3 nitrogen and oxygen atoms in total. The molecule has 0 spiro atoms. The molecule has 3 rings (SSSR count). The fourth-order valence-electron chi connectivity index (χ4n) is 2.69. The van der Waals surface area contributed by atoms with Gasteiger partial charge in [0, 0.05) is 30.4 Å². The molecule has 0 unspecified atom stereocenters. The van der Waals surface area contributed by atoms with Gasteiger partial charge < -0.3 is 9.84 Å². The van der Waals surface area contributed by atoms with Crippen molar-refractivity contribution in [2.24, 2.45) is 0 Å². The van der Waals surface area contributed by atoms with E-state index < -0.39 is 0 Å². The molecule has 0 saturated carbocycles. The number of aliphatic hydroxyl groups excluding tert-OH is 1. The molecule has 2 heterocycles. The third-order valence-electron chi connectivity index (χ3n) is 3.74. The first-order valence-electron chi connectivity index (χ1n) is 6.54. The molecule has 0 radical (unpaired) electrons. The zero-order valence-corrected chi connectivity index (χ0v) is 11.3. The van der Waals surface area contributed by atoms with Crippen LogP contribution in [0.1, 0.15) is 17.5 Å². The van der Waals surface area contributed by atoms with E-state index in [0.29, 0.717) is 6.04 Å². The lowest BCUT2D eigenvalue weighted by molar-refractivity contribution is 0.182.